The van der Waals surface area contributed by atoms with E-state index >= 15 is 0 Å². The summed E-state index contributed by atoms with van der Waals surface area (Å²) in [5.41, 5.74) is 7.37. The highest BCUT2D eigenvalue weighted by Gasteiger charge is 2.26. The molecule has 0 spiro atoms. The molecule has 2 fully saturated rings. The first-order valence-electron chi connectivity index (χ1n) is 9.08. The van der Waals surface area contributed by atoms with Crippen molar-refractivity contribution in [1.29, 1.82) is 0 Å². The summed E-state index contributed by atoms with van der Waals surface area (Å²) in [5, 5.41) is 2.92. The van der Waals surface area contributed by atoms with E-state index in [1.165, 1.54) is 6.42 Å². The van der Waals surface area contributed by atoms with Gasteiger partial charge < -0.3 is 16.0 Å². The lowest BCUT2D eigenvalue weighted by Gasteiger charge is -2.26. The summed E-state index contributed by atoms with van der Waals surface area (Å²) in [6, 6.07) is 7.40. The lowest BCUT2D eigenvalue weighted by atomic mass is 10.00. The van der Waals surface area contributed by atoms with Gasteiger partial charge in [0, 0.05) is 36.8 Å². The molecule has 2 atom stereocenters. The molecule has 0 radical (unpaired) electrons. The van der Waals surface area contributed by atoms with Crippen molar-refractivity contribution in [3.05, 3.63) is 29.8 Å². The molecule has 5 nitrogen and oxygen atoms in total. The van der Waals surface area contributed by atoms with E-state index in [-0.39, 0.29) is 36.2 Å². The predicted molar refractivity (Wildman–Crippen MR) is 102 cm³/mol. The van der Waals surface area contributed by atoms with E-state index in [9.17, 15) is 9.59 Å². The second kappa shape index (κ2) is 9.20. The summed E-state index contributed by atoms with van der Waals surface area (Å²) < 4.78 is 0. The molecular formula is C19H28ClN3O2. The van der Waals surface area contributed by atoms with E-state index in [0.29, 0.717) is 17.7 Å². The zero-order valence-electron chi connectivity index (χ0n) is 14.6. The maximum atomic E-state index is 12.6. The Balaban J connectivity index is 0.00000225. The first-order valence-corrected chi connectivity index (χ1v) is 9.08. The number of piperidine rings is 1. The molecule has 138 valence electrons. The van der Waals surface area contributed by atoms with Crippen LogP contribution in [0, 0.1) is 5.92 Å². The molecule has 1 heterocycles. The smallest absolute Gasteiger partial charge is 0.253 e. The standard InChI is InChI=1S/C19H27N3O2.ClH/c20-17-9-5-6-14(17)13-18(23)21-16-8-4-7-15(12-16)19(24)22-10-2-1-3-11-22;/h4,7-8,12,14,17H,1-3,5-6,9-11,13,20H2,(H,21,23);1H/t14-,17+;/m0./s1. The minimum Gasteiger partial charge on any atom is -0.339 e. The van der Waals surface area contributed by atoms with Crippen LogP contribution in [-0.4, -0.2) is 35.8 Å². The molecule has 3 N–H and O–H groups in total. The number of halogens is 1. The van der Waals surface area contributed by atoms with Crippen molar-refractivity contribution in [1.82, 2.24) is 4.90 Å². The average molecular weight is 366 g/mol. The Morgan fingerprint density at radius 2 is 1.88 bits per heavy atom. The van der Waals surface area contributed by atoms with Crippen LogP contribution in [-0.2, 0) is 4.79 Å². The minimum atomic E-state index is -0.0140. The average Bonchev–Trinajstić information content (AvgIpc) is 3.00. The van der Waals surface area contributed by atoms with Crippen molar-refractivity contribution in [3.8, 4) is 0 Å². The van der Waals surface area contributed by atoms with Crippen LogP contribution in [0.3, 0.4) is 0 Å². The van der Waals surface area contributed by atoms with Crippen LogP contribution in [0.4, 0.5) is 5.69 Å². The Labute approximate surface area is 155 Å². The third-order valence-corrected chi connectivity index (χ3v) is 5.20. The molecule has 1 aliphatic carbocycles. The largest absolute Gasteiger partial charge is 0.339 e. The van der Waals surface area contributed by atoms with Gasteiger partial charge in [-0.25, -0.2) is 0 Å². The topological polar surface area (TPSA) is 75.4 Å². The summed E-state index contributed by atoms with van der Waals surface area (Å²) >= 11 is 0. The van der Waals surface area contributed by atoms with Crippen LogP contribution >= 0.6 is 12.4 Å². The van der Waals surface area contributed by atoms with Crippen molar-refractivity contribution in [2.75, 3.05) is 18.4 Å². The lowest BCUT2D eigenvalue weighted by molar-refractivity contribution is -0.117. The van der Waals surface area contributed by atoms with Crippen LogP contribution in [0.25, 0.3) is 0 Å². The first-order chi connectivity index (χ1) is 11.6. The molecule has 0 bridgehead atoms. The number of nitrogens with zero attached hydrogens (tertiary/aromatic N) is 1. The number of rotatable bonds is 4. The number of hydrogen-bond donors (Lipinski definition) is 2. The van der Waals surface area contributed by atoms with E-state index in [1.54, 1.807) is 6.07 Å². The van der Waals surface area contributed by atoms with Gasteiger partial charge in [0.15, 0.2) is 0 Å². The fourth-order valence-electron chi connectivity index (χ4n) is 3.78. The molecule has 25 heavy (non-hydrogen) atoms. The molecule has 1 aromatic rings. The summed E-state index contributed by atoms with van der Waals surface area (Å²) in [6.45, 7) is 1.66. The summed E-state index contributed by atoms with van der Waals surface area (Å²) in [4.78, 5) is 26.7. The second-order valence-electron chi connectivity index (χ2n) is 7.04. The fourth-order valence-corrected chi connectivity index (χ4v) is 3.78. The molecule has 6 heteroatoms. The maximum Gasteiger partial charge on any atom is 0.253 e. The van der Waals surface area contributed by atoms with E-state index < -0.39 is 0 Å². The Kier molecular flexibility index (Phi) is 7.26. The molecule has 1 aliphatic heterocycles. The third kappa shape index (κ3) is 5.19. The fraction of sp³-hybridized carbons (Fsp3) is 0.579. The van der Waals surface area contributed by atoms with Gasteiger partial charge in [-0.3, -0.25) is 9.59 Å². The number of likely N-dealkylation sites (tertiary alicyclic amines) is 1. The quantitative estimate of drug-likeness (QED) is 0.860. The van der Waals surface area contributed by atoms with E-state index in [4.69, 9.17) is 5.73 Å². The Hall–Kier alpha value is -1.59. The Morgan fingerprint density at radius 1 is 1.12 bits per heavy atom. The number of benzene rings is 1. The monoisotopic (exact) mass is 365 g/mol. The van der Waals surface area contributed by atoms with E-state index in [0.717, 1.165) is 45.2 Å². The Morgan fingerprint density at radius 3 is 2.56 bits per heavy atom. The van der Waals surface area contributed by atoms with Gasteiger partial charge in [-0.1, -0.05) is 12.5 Å². The van der Waals surface area contributed by atoms with Gasteiger partial charge in [0.1, 0.15) is 0 Å². The minimum absolute atomic E-state index is 0. The molecular weight excluding hydrogens is 338 g/mol. The van der Waals surface area contributed by atoms with Gasteiger partial charge >= 0.3 is 0 Å². The molecule has 2 amide bonds. The number of carbonyl (C=O) groups excluding carboxylic acids is 2. The van der Waals surface area contributed by atoms with Crippen molar-refractivity contribution in [2.45, 2.75) is 51.0 Å². The highest BCUT2D eigenvalue weighted by Crippen LogP contribution is 2.27. The van der Waals surface area contributed by atoms with Crippen molar-refractivity contribution >= 4 is 29.9 Å². The molecule has 0 unspecified atom stereocenters. The van der Waals surface area contributed by atoms with Crippen molar-refractivity contribution < 1.29 is 9.59 Å². The van der Waals surface area contributed by atoms with Crippen LogP contribution < -0.4 is 11.1 Å². The molecule has 1 saturated heterocycles. The van der Waals surface area contributed by atoms with Gasteiger partial charge in [0.05, 0.1) is 0 Å². The van der Waals surface area contributed by atoms with E-state index in [2.05, 4.69) is 5.32 Å². The van der Waals surface area contributed by atoms with Crippen molar-refractivity contribution in [2.24, 2.45) is 11.7 Å². The van der Waals surface area contributed by atoms with Gasteiger partial charge in [-0.2, -0.15) is 0 Å². The highest BCUT2D eigenvalue weighted by atomic mass is 35.5. The lowest BCUT2D eigenvalue weighted by Crippen LogP contribution is -2.35. The van der Waals surface area contributed by atoms with Crippen LogP contribution in [0.1, 0.15) is 55.3 Å². The number of anilines is 1. The maximum absolute atomic E-state index is 12.6. The molecule has 0 aromatic heterocycles. The third-order valence-electron chi connectivity index (χ3n) is 5.20. The first kappa shape index (κ1) is 19.7. The second-order valence-corrected chi connectivity index (χ2v) is 7.04. The molecule has 1 aromatic carbocycles. The zero-order valence-corrected chi connectivity index (χ0v) is 15.4. The number of nitrogens with two attached hydrogens (primary N) is 1. The number of nitrogens with one attached hydrogen (secondary N) is 1. The van der Waals surface area contributed by atoms with Gasteiger partial charge in [0.25, 0.3) is 5.91 Å². The predicted octanol–water partition coefficient (Wildman–Crippen LogP) is 3.19. The molecule has 1 saturated carbocycles. The van der Waals surface area contributed by atoms with E-state index in [1.807, 2.05) is 23.1 Å². The van der Waals surface area contributed by atoms with Gasteiger partial charge in [-0.15, -0.1) is 12.4 Å². The summed E-state index contributed by atoms with van der Waals surface area (Å²) in [5.74, 6) is 0.326. The normalized spacial score (nSPS) is 23.0. The van der Waals surface area contributed by atoms with Crippen LogP contribution in [0.5, 0.6) is 0 Å². The Bertz CT molecular complexity index is 602. The molecule has 3 rings (SSSR count). The highest BCUT2D eigenvalue weighted by molar-refractivity contribution is 5.97. The van der Waals surface area contributed by atoms with Gasteiger partial charge in [-0.05, 0) is 56.2 Å². The van der Waals surface area contributed by atoms with Gasteiger partial charge in [0.2, 0.25) is 5.91 Å². The SMILES string of the molecule is Cl.N[C@@H]1CCC[C@H]1CC(=O)Nc1cccc(C(=O)N2CCCCC2)c1. The van der Waals surface area contributed by atoms with Crippen molar-refractivity contribution in [3.63, 3.8) is 0 Å². The molecule has 2 aliphatic rings. The summed E-state index contributed by atoms with van der Waals surface area (Å²) in [6.07, 6.45) is 6.96. The zero-order chi connectivity index (χ0) is 16.9. The number of amides is 2. The van der Waals surface area contributed by atoms with Crippen LogP contribution in [0.15, 0.2) is 24.3 Å². The summed E-state index contributed by atoms with van der Waals surface area (Å²) in [7, 11) is 0. The van der Waals surface area contributed by atoms with Crippen LogP contribution in [0.2, 0.25) is 0 Å². The number of carbonyl (C=O) groups is 2. The number of hydrogen-bond acceptors (Lipinski definition) is 3.